The summed E-state index contributed by atoms with van der Waals surface area (Å²) >= 11 is 0. The molecule has 4 N–H and O–H groups in total. The van der Waals surface area contributed by atoms with Crippen LogP contribution in [0, 0.1) is 5.92 Å². The summed E-state index contributed by atoms with van der Waals surface area (Å²) in [4.78, 5) is 10.7. The molecule has 3 unspecified atom stereocenters. The maximum absolute atomic E-state index is 10.7. The van der Waals surface area contributed by atoms with Crippen molar-refractivity contribution in [2.75, 3.05) is 13.2 Å². The minimum absolute atomic E-state index is 0.517. The van der Waals surface area contributed by atoms with Crippen LogP contribution < -0.4 is 0 Å². The van der Waals surface area contributed by atoms with Crippen LogP contribution in [0.4, 0.5) is 0 Å². The highest BCUT2D eigenvalue weighted by Crippen LogP contribution is 2.09. The number of hydrogen-bond donors (Lipinski definition) is 4. The summed E-state index contributed by atoms with van der Waals surface area (Å²) in [6.45, 7) is 0.139. The van der Waals surface area contributed by atoms with Gasteiger partial charge in [-0.3, -0.25) is 4.79 Å². The van der Waals surface area contributed by atoms with Gasteiger partial charge in [0.1, 0.15) is 12.7 Å². The van der Waals surface area contributed by atoms with Crippen LogP contribution in [0.25, 0.3) is 0 Å². The van der Waals surface area contributed by atoms with Gasteiger partial charge in [-0.2, -0.15) is 0 Å². The molecule has 0 aromatic rings. The zero-order chi connectivity index (χ0) is 9.72. The van der Waals surface area contributed by atoms with Crippen molar-refractivity contribution in [1.29, 1.82) is 0 Å². The molecule has 0 aliphatic rings. The smallest absolute Gasteiger partial charge is 0.186 e. The molecule has 0 saturated carbocycles. The topological polar surface area (TPSA) is 98.0 Å². The monoisotopic (exact) mass is 178 g/mol. The minimum Gasteiger partial charge on any atom is -0.394 e. The Balaban J connectivity index is 4.08. The third-order valence-electron chi connectivity index (χ3n) is 1.78. The minimum atomic E-state index is -1.42. The van der Waals surface area contributed by atoms with Gasteiger partial charge in [0.2, 0.25) is 0 Å². The van der Waals surface area contributed by atoms with Gasteiger partial charge in [-0.15, -0.1) is 0 Å². The van der Waals surface area contributed by atoms with Crippen molar-refractivity contribution in [2.24, 2.45) is 5.92 Å². The van der Waals surface area contributed by atoms with Crippen LogP contribution in [0.1, 0.15) is 6.92 Å². The first-order chi connectivity index (χ1) is 5.54. The Kier molecular flexibility index (Phi) is 5.00. The van der Waals surface area contributed by atoms with Crippen LogP contribution in [0.15, 0.2) is 0 Å². The molecule has 0 aromatic carbocycles. The predicted molar refractivity (Wildman–Crippen MR) is 40.4 cm³/mol. The molecule has 5 heteroatoms. The van der Waals surface area contributed by atoms with Crippen molar-refractivity contribution in [2.45, 2.75) is 19.1 Å². The SMILES string of the molecule is CC(C(O)CO)C(O)C(=O)CO. The molecular formula is C7H14O5. The number of carbonyl (C=O) groups excluding carboxylic acids is 1. The molecule has 0 radical (unpaired) electrons. The van der Waals surface area contributed by atoms with E-state index in [0.29, 0.717) is 0 Å². The Morgan fingerprint density at radius 1 is 1.33 bits per heavy atom. The molecule has 0 spiro atoms. The second-order valence-electron chi connectivity index (χ2n) is 2.68. The van der Waals surface area contributed by atoms with Crippen molar-refractivity contribution < 1.29 is 25.2 Å². The average molecular weight is 178 g/mol. The molecule has 72 valence electrons. The third-order valence-corrected chi connectivity index (χ3v) is 1.78. The van der Waals surface area contributed by atoms with Crippen LogP contribution in [-0.2, 0) is 4.79 Å². The number of hydrogen-bond acceptors (Lipinski definition) is 5. The molecule has 0 saturated heterocycles. The van der Waals surface area contributed by atoms with Crippen molar-refractivity contribution in [1.82, 2.24) is 0 Å². The first-order valence-electron chi connectivity index (χ1n) is 3.65. The molecule has 12 heavy (non-hydrogen) atoms. The Bertz CT molecular complexity index is 147. The van der Waals surface area contributed by atoms with Gasteiger partial charge >= 0.3 is 0 Å². The summed E-state index contributed by atoms with van der Waals surface area (Å²) in [7, 11) is 0. The van der Waals surface area contributed by atoms with E-state index in [-0.39, 0.29) is 0 Å². The van der Waals surface area contributed by atoms with Crippen molar-refractivity contribution in [3.05, 3.63) is 0 Å². The second-order valence-corrected chi connectivity index (χ2v) is 2.68. The molecule has 0 amide bonds. The molecule has 3 atom stereocenters. The van der Waals surface area contributed by atoms with Crippen LogP contribution in [0.3, 0.4) is 0 Å². The van der Waals surface area contributed by atoms with Crippen LogP contribution in [0.2, 0.25) is 0 Å². The number of aliphatic hydroxyl groups is 4. The second kappa shape index (κ2) is 5.21. The van der Waals surface area contributed by atoms with Crippen molar-refractivity contribution in [3.63, 3.8) is 0 Å². The quantitative estimate of drug-likeness (QED) is 0.386. The average Bonchev–Trinajstić information content (AvgIpc) is 2.12. The lowest BCUT2D eigenvalue weighted by atomic mass is 9.96. The molecule has 0 aliphatic heterocycles. The van der Waals surface area contributed by atoms with E-state index in [0.717, 1.165) is 0 Å². The van der Waals surface area contributed by atoms with Gasteiger partial charge in [0.25, 0.3) is 0 Å². The number of rotatable bonds is 5. The van der Waals surface area contributed by atoms with E-state index in [1.807, 2.05) is 0 Å². The summed E-state index contributed by atoms with van der Waals surface area (Å²) in [5, 5.41) is 34.9. The van der Waals surface area contributed by atoms with Gasteiger partial charge in [0.05, 0.1) is 12.7 Å². The predicted octanol–water partition coefficient (Wildman–Crippen LogP) is -2.10. The number of aliphatic hydroxyl groups excluding tert-OH is 4. The van der Waals surface area contributed by atoms with E-state index in [4.69, 9.17) is 20.4 Å². The molecule has 0 heterocycles. The zero-order valence-corrected chi connectivity index (χ0v) is 6.84. The van der Waals surface area contributed by atoms with E-state index >= 15 is 0 Å². The highest BCUT2D eigenvalue weighted by atomic mass is 16.3. The summed E-state index contributed by atoms with van der Waals surface area (Å²) in [5.74, 6) is -1.52. The van der Waals surface area contributed by atoms with Gasteiger partial charge in [-0.1, -0.05) is 6.92 Å². The molecule has 0 bridgehead atoms. The van der Waals surface area contributed by atoms with Crippen LogP contribution in [0.5, 0.6) is 0 Å². The molecular weight excluding hydrogens is 164 g/mol. The maximum atomic E-state index is 10.7. The van der Waals surface area contributed by atoms with Crippen LogP contribution in [-0.4, -0.2) is 51.6 Å². The van der Waals surface area contributed by atoms with Crippen molar-refractivity contribution >= 4 is 5.78 Å². The fraction of sp³-hybridized carbons (Fsp3) is 0.857. The van der Waals surface area contributed by atoms with E-state index in [1.165, 1.54) is 6.92 Å². The maximum Gasteiger partial charge on any atom is 0.186 e. The Labute approximate surface area is 70.3 Å². The van der Waals surface area contributed by atoms with E-state index < -0.39 is 37.1 Å². The van der Waals surface area contributed by atoms with Gasteiger partial charge in [0, 0.05) is 5.92 Å². The zero-order valence-electron chi connectivity index (χ0n) is 6.84. The lowest BCUT2D eigenvalue weighted by Crippen LogP contribution is -2.38. The highest BCUT2D eigenvalue weighted by molar-refractivity contribution is 5.84. The standard InChI is InChI=1S/C7H14O5/c1-4(5(10)2-8)7(12)6(11)3-9/h4-5,7-10,12H,2-3H2,1H3. The van der Waals surface area contributed by atoms with Gasteiger partial charge in [-0.05, 0) is 0 Å². The summed E-state index contributed by atoms with van der Waals surface area (Å²) in [6, 6.07) is 0. The van der Waals surface area contributed by atoms with Gasteiger partial charge in [-0.25, -0.2) is 0 Å². The number of ketones is 1. The summed E-state index contributed by atoms with van der Waals surface area (Å²) < 4.78 is 0. The van der Waals surface area contributed by atoms with E-state index in [2.05, 4.69) is 0 Å². The Morgan fingerprint density at radius 2 is 1.83 bits per heavy atom. The van der Waals surface area contributed by atoms with E-state index in [9.17, 15) is 4.79 Å². The first kappa shape index (κ1) is 11.5. The number of Topliss-reactive ketones (excluding diaryl/α,β-unsaturated/α-hetero) is 1. The largest absolute Gasteiger partial charge is 0.394 e. The molecule has 0 aromatic heterocycles. The molecule has 0 aliphatic carbocycles. The van der Waals surface area contributed by atoms with Crippen LogP contribution >= 0.6 is 0 Å². The van der Waals surface area contributed by atoms with E-state index in [1.54, 1.807) is 0 Å². The highest BCUT2D eigenvalue weighted by Gasteiger charge is 2.26. The number of carbonyl (C=O) groups is 1. The fourth-order valence-corrected chi connectivity index (χ4v) is 0.763. The Hall–Kier alpha value is -0.490. The Morgan fingerprint density at radius 3 is 2.17 bits per heavy atom. The van der Waals surface area contributed by atoms with Gasteiger partial charge < -0.3 is 20.4 Å². The first-order valence-corrected chi connectivity index (χ1v) is 3.65. The normalized spacial score (nSPS) is 18.4. The molecule has 5 nitrogen and oxygen atoms in total. The fourth-order valence-electron chi connectivity index (χ4n) is 0.763. The molecule has 0 fully saturated rings. The molecule has 0 rings (SSSR count). The van der Waals surface area contributed by atoms with Crippen molar-refractivity contribution in [3.8, 4) is 0 Å². The third kappa shape index (κ3) is 2.86. The summed E-state index contributed by atoms with van der Waals surface area (Å²) in [6.07, 6.45) is -2.56. The lowest BCUT2D eigenvalue weighted by molar-refractivity contribution is -0.135. The summed E-state index contributed by atoms with van der Waals surface area (Å²) in [5.41, 5.74) is 0. The lowest BCUT2D eigenvalue weighted by Gasteiger charge is -2.20. The van der Waals surface area contributed by atoms with Gasteiger partial charge in [0.15, 0.2) is 5.78 Å².